The van der Waals surface area contributed by atoms with E-state index in [0.29, 0.717) is 63.6 Å². The first kappa shape index (κ1) is 56.6. The average molecular weight is 1080 g/mol. The molecule has 2 aliphatic heterocycles. The second-order valence-electron chi connectivity index (χ2n) is 20.1. The lowest BCUT2D eigenvalue weighted by Gasteiger charge is -2.40. The van der Waals surface area contributed by atoms with E-state index in [2.05, 4.69) is 148 Å². The Morgan fingerprint density at radius 1 is 0.512 bits per heavy atom. The van der Waals surface area contributed by atoms with E-state index in [-0.39, 0.29) is 35.5 Å². The monoisotopic (exact) mass is 1080 g/mol. The van der Waals surface area contributed by atoms with Crippen LogP contribution in [-0.2, 0) is 45.2 Å². The lowest BCUT2D eigenvalue weighted by Crippen LogP contribution is -2.47. The number of esters is 2. The molecule has 2 N–H and O–H groups in total. The van der Waals surface area contributed by atoms with Crippen LogP contribution in [0.1, 0.15) is 85.0 Å². The zero-order valence-corrected chi connectivity index (χ0v) is 45.8. The lowest BCUT2D eigenvalue weighted by atomic mass is 9.95. The molecular formula is C62H72N12O6. The van der Waals surface area contributed by atoms with Gasteiger partial charge in [-0.2, -0.15) is 4.80 Å². The summed E-state index contributed by atoms with van der Waals surface area (Å²) in [4.78, 5) is 34.7. The topological polar surface area (TPSA) is 193 Å². The molecule has 2 aliphatic rings. The van der Waals surface area contributed by atoms with Crippen molar-refractivity contribution in [1.29, 1.82) is 0 Å². The predicted octanol–water partition coefficient (Wildman–Crippen LogP) is 8.59. The molecule has 2 saturated heterocycles. The number of aryl methyl sites for hydroxylation is 2. The van der Waals surface area contributed by atoms with E-state index in [9.17, 15) is 19.8 Å². The standard InChI is InChI=1S/2C31H36N6O3/c1-2-40-29(39)12-7-17-37-31(32-33-34-37)26-15-13-25(14-16-26)30(27-10-6-11-28(38)22-27)36-20-18-35(19-21-36)23-24-8-4-3-5-9-24;1-2-40-29(39)12-7-17-37-33-31(32-34-37)26-15-13-25(14-16-26)30(27-10-6-11-28(38)22-27)36-20-18-35(19-21-36)23-24-8-4-3-5-9-24/h2*3-6,8-11,13-16,22,30,38H,2,7,12,17-21,23H2,1H3. The zero-order chi connectivity index (χ0) is 55.5. The number of aromatic nitrogens is 8. The van der Waals surface area contributed by atoms with Gasteiger partial charge in [-0.05, 0) is 100.0 Å². The second-order valence-corrected chi connectivity index (χ2v) is 20.1. The summed E-state index contributed by atoms with van der Waals surface area (Å²) in [6, 6.07) is 53.0. The van der Waals surface area contributed by atoms with Crippen molar-refractivity contribution < 1.29 is 29.3 Å². The third-order valence-corrected chi connectivity index (χ3v) is 14.5. The van der Waals surface area contributed by atoms with Crippen molar-refractivity contribution in [1.82, 2.24) is 60.0 Å². The summed E-state index contributed by atoms with van der Waals surface area (Å²) in [5.41, 5.74) is 8.87. The van der Waals surface area contributed by atoms with Crippen LogP contribution in [0.5, 0.6) is 11.5 Å². The summed E-state index contributed by atoms with van der Waals surface area (Å²) in [6.07, 6.45) is 1.86. The van der Waals surface area contributed by atoms with E-state index in [1.165, 1.54) is 15.9 Å². The van der Waals surface area contributed by atoms with Crippen molar-refractivity contribution in [3.63, 3.8) is 0 Å². The minimum atomic E-state index is -0.211. The second kappa shape index (κ2) is 28.6. The van der Waals surface area contributed by atoms with Gasteiger partial charge >= 0.3 is 11.9 Å². The third kappa shape index (κ3) is 15.8. The van der Waals surface area contributed by atoms with Crippen molar-refractivity contribution in [3.8, 4) is 34.3 Å². The summed E-state index contributed by atoms with van der Waals surface area (Å²) >= 11 is 0. The van der Waals surface area contributed by atoms with Gasteiger partial charge in [0.1, 0.15) is 11.5 Å². The van der Waals surface area contributed by atoms with Gasteiger partial charge in [-0.15, -0.1) is 15.3 Å². The molecule has 0 amide bonds. The van der Waals surface area contributed by atoms with E-state index < -0.39 is 0 Å². The number of aromatic hydroxyl groups is 2. The molecule has 8 aromatic rings. The van der Waals surface area contributed by atoms with Crippen LogP contribution in [0.15, 0.2) is 158 Å². The maximum absolute atomic E-state index is 11.7. The largest absolute Gasteiger partial charge is 0.508 e. The Bertz CT molecular complexity index is 3160. The van der Waals surface area contributed by atoms with Gasteiger partial charge in [0.05, 0.1) is 31.8 Å². The molecule has 416 valence electrons. The number of ether oxygens (including phenoxy) is 2. The normalized spacial score (nSPS) is 15.1. The minimum Gasteiger partial charge on any atom is -0.508 e. The zero-order valence-electron chi connectivity index (χ0n) is 45.8. The maximum Gasteiger partial charge on any atom is 0.305 e. The Kier molecular flexibility index (Phi) is 20.2. The Balaban J connectivity index is 0.000000194. The van der Waals surface area contributed by atoms with Crippen molar-refractivity contribution >= 4 is 11.9 Å². The quantitative estimate of drug-likeness (QED) is 0.0613. The maximum atomic E-state index is 11.7. The van der Waals surface area contributed by atoms with E-state index in [1.54, 1.807) is 30.7 Å². The smallest absolute Gasteiger partial charge is 0.305 e. The van der Waals surface area contributed by atoms with Crippen LogP contribution < -0.4 is 0 Å². The minimum absolute atomic E-state index is 0.0144. The summed E-state index contributed by atoms with van der Waals surface area (Å²) in [5.74, 6) is 1.33. The predicted molar refractivity (Wildman–Crippen MR) is 305 cm³/mol. The highest BCUT2D eigenvalue weighted by atomic mass is 16.5. The van der Waals surface area contributed by atoms with Crippen LogP contribution in [0.3, 0.4) is 0 Å². The average Bonchev–Trinajstić information content (AvgIpc) is 4.17. The fraction of sp³-hybridized carbons (Fsp3) is 0.355. The van der Waals surface area contributed by atoms with E-state index in [0.717, 1.165) is 98.8 Å². The first-order chi connectivity index (χ1) is 39.2. The van der Waals surface area contributed by atoms with Crippen LogP contribution in [0.4, 0.5) is 0 Å². The summed E-state index contributed by atoms with van der Waals surface area (Å²) in [7, 11) is 0. The van der Waals surface area contributed by atoms with Gasteiger partial charge in [0, 0.05) is 96.0 Å². The van der Waals surface area contributed by atoms with Gasteiger partial charge in [-0.25, -0.2) is 4.68 Å². The van der Waals surface area contributed by atoms with Crippen molar-refractivity contribution in [2.75, 3.05) is 65.6 Å². The third-order valence-electron chi connectivity index (χ3n) is 14.5. The van der Waals surface area contributed by atoms with Gasteiger partial charge in [0.25, 0.3) is 0 Å². The van der Waals surface area contributed by atoms with Crippen LogP contribution in [0.25, 0.3) is 22.8 Å². The number of tetrazole rings is 2. The number of phenols is 2. The van der Waals surface area contributed by atoms with Crippen molar-refractivity contribution in [2.45, 2.75) is 77.8 Å². The van der Waals surface area contributed by atoms with E-state index in [1.807, 2.05) is 48.5 Å². The molecule has 0 saturated carbocycles. The Morgan fingerprint density at radius 3 is 1.46 bits per heavy atom. The van der Waals surface area contributed by atoms with Gasteiger partial charge < -0.3 is 19.7 Å². The number of carbonyl (C=O) groups is 2. The molecule has 2 atom stereocenters. The van der Waals surface area contributed by atoms with Crippen LogP contribution >= 0.6 is 0 Å². The van der Waals surface area contributed by atoms with Crippen molar-refractivity contribution in [2.24, 2.45) is 0 Å². The highest BCUT2D eigenvalue weighted by Gasteiger charge is 2.29. The molecule has 0 bridgehead atoms. The summed E-state index contributed by atoms with van der Waals surface area (Å²) < 4.78 is 11.7. The molecule has 2 unspecified atom stereocenters. The molecule has 6 aromatic carbocycles. The van der Waals surface area contributed by atoms with Gasteiger partial charge in [0.2, 0.25) is 5.82 Å². The molecule has 80 heavy (non-hydrogen) atoms. The number of hydrogen-bond acceptors (Lipinski definition) is 16. The molecule has 0 radical (unpaired) electrons. The molecule has 0 spiro atoms. The van der Waals surface area contributed by atoms with Crippen LogP contribution in [-0.4, -0.2) is 148 Å². The number of benzene rings is 6. The fourth-order valence-corrected chi connectivity index (χ4v) is 10.5. The number of nitrogens with zero attached hydrogens (tertiary/aromatic N) is 12. The Hall–Kier alpha value is -8.16. The van der Waals surface area contributed by atoms with Crippen LogP contribution in [0, 0.1) is 0 Å². The van der Waals surface area contributed by atoms with Crippen LogP contribution in [0.2, 0.25) is 0 Å². The van der Waals surface area contributed by atoms with Gasteiger partial charge in [-0.1, -0.05) is 133 Å². The molecule has 10 rings (SSSR count). The number of hydrogen-bond donors (Lipinski definition) is 2. The molecule has 2 aromatic heterocycles. The number of piperazine rings is 2. The fourth-order valence-electron chi connectivity index (χ4n) is 10.5. The number of phenolic OH excluding ortho intramolecular Hbond substituents is 2. The SMILES string of the molecule is CCOC(=O)CCCn1nnc(-c2ccc(C(c3cccc(O)c3)N3CCN(Cc4ccccc4)CC3)cc2)n1.CCOC(=O)CCCn1nnnc1-c1ccc(C(c2cccc(O)c2)N2CCN(Cc3ccccc3)CC2)cc1. The molecule has 4 heterocycles. The number of carbonyl (C=O) groups excluding carboxylic acids is 2. The van der Waals surface area contributed by atoms with Gasteiger partial charge in [0.15, 0.2) is 5.82 Å². The summed E-state index contributed by atoms with van der Waals surface area (Å²) in [5, 5.41) is 45.6. The van der Waals surface area contributed by atoms with Gasteiger partial charge in [-0.3, -0.25) is 29.2 Å². The molecule has 2 fully saturated rings. The lowest BCUT2D eigenvalue weighted by molar-refractivity contribution is -0.144. The van der Waals surface area contributed by atoms with E-state index in [4.69, 9.17) is 9.47 Å². The summed E-state index contributed by atoms with van der Waals surface area (Å²) in [6.45, 7) is 14.9. The first-order valence-corrected chi connectivity index (χ1v) is 27.8. The van der Waals surface area contributed by atoms with Crippen molar-refractivity contribution in [3.05, 3.63) is 191 Å². The molecular weight excluding hydrogens is 1010 g/mol. The highest BCUT2D eigenvalue weighted by Crippen LogP contribution is 2.35. The van der Waals surface area contributed by atoms with E-state index >= 15 is 0 Å². The molecule has 0 aliphatic carbocycles. The number of rotatable bonds is 22. The Labute approximate surface area is 468 Å². The first-order valence-electron chi connectivity index (χ1n) is 27.8. The Morgan fingerprint density at radius 2 is 0.988 bits per heavy atom. The molecule has 18 nitrogen and oxygen atoms in total. The highest BCUT2D eigenvalue weighted by molar-refractivity contribution is 5.69. The molecule has 18 heteroatoms.